The van der Waals surface area contributed by atoms with Crippen LogP contribution in [0.25, 0.3) is 0 Å². The molecule has 2 saturated carbocycles. The minimum absolute atomic E-state index is 0.00579. The second-order valence-electron chi connectivity index (χ2n) is 8.17. The SMILES string of the molecule is CC(C)Oc1ccccc1COC12CCC(CCCC(=O)O)(CC1)C2. The third kappa shape index (κ3) is 4.35. The highest BCUT2D eigenvalue weighted by Crippen LogP contribution is 2.60. The van der Waals surface area contributed by atoms with Crippen molar-refractivity contribution in [2.75, 3.05) is 0 Å². The van der Waals surface area contributed by atoms with Crippen LogP contribution >= 0.6 is 0 Å². The first-order chi connectivity index (χ1) is 11.9. The number of fused-ring (bicyclic) bond motifs is 2. The molecule has 0 aromatic heterocycles. The van der Waals surface area contributed by atoms with Gasteiger partial charge in [0.25, 0.3) is 0 Å². The summed E-state index contributed by atoms with van der Waals surface area (Å²) in [6, 6.07) is 8.12. The van der Waals surface area contributed by atoms with E-state index in [9.17, 15) is 4.79 Å². The van der Waals surface area contributed by atoms with Crippen LogP contribution < -0.4 is 4.74 Å². The molecule has 25 heavy (non-hydrogen) atoms. The number of benzene rings is 1. The molecule has 2 aliphatic rings. The normalized spacial score (nSPS) is 27.8. The predicted molar refractivity (Wildman–Crippen MR) is 96.7 cm³/mol. The quantitative estimate of drug-likeness (QED) is 0.687. The highest BCUT2D eigenvalue weighted by atomic mass is 16.5. The fourth-order valence-corrected chi connectivity index (χ4v) is 4.64. The molecule has 4 heteroatoms. The van der Waals surface area contributed by atoms with Gasteiger partial charge in [0, 0.05) is 12.0 Å². The Kier molecular flexibility index (Phi) is 5.38. The predicted octanol–water partition coefficient (Wildman–Crippen LogP) is 4.95. The first kappa shape index (κ1) is 18.2. The standard InChI is InChI=1S/C21H30O4/c1-16(2)25-18-7-4-3-6-17(18)14-24-21-12-10-20(15-21,11-13-21)9-5-8-19(22)23/h3-4,6-7,16H,5,8-15H2,1-2H3,(H,22,23). The van der Waals surface area contributed by atoms with Crippen molar-refractivity contribution in [2.45, 2.75) is 83.5 Å². The van der Waals surface area contributed by atoms with Crippen LogP contribution in [0, 0.1) is 5.41 Å². The molecule has 4 nitrogen and oxygen atoms in total. The number of para-hydroxylation sites is 1. The lowest BCUT2D eigenvalue weighted by Gasteiger charge is -2.28. The second-order valence-corrected chi connectivity index (χ2v) is 8.17. The average Bonchev–Trinajstić information content (AvgIpc) is 3.10. The van der Waals surface area contributed by atoms with E-state index in [0.29, 0.717) is 12.0 Å². The van der Waals surface area contributed by atoms with Crippen LogP contribution in [-0.4, -0.2) is 22.8 Å². The van der Waals surface area contributed by atoms with E-state index in [2.05, 4.69) is 6.07 Å². The Labute approximate surface area is 150 Å². The molecular formula is C21H30O4. The number of ether oxygens (including phenoxy) is 2. The van der Waals surface area contributed by atoms with Gasteiger partial charge in [0.1, 0.15) is 5.75 Å². The van der Waals surface area contributed by atoms with Gasteiger partial charge in [-0.3, -0.25) is 4.79 Å². The van der Waals surface area contributed by atoms with E-state index in [1.807, 2.05) is 32.0 Å². The van der Waals surface area contributed by atoms with Crippen LogP contribution in [0.2, 0.25) is 0 Å². The number of carboxylic acids is 1. The summed E-state index contributed by atoms with van der Waals surface area (Å²) < 4.78 is 12.3. The number of carboxylic acid groups (broad SMARTS) is 1. The Balaban J connectivity index is 1.57. The maximum Gasteiger partial charge on any atom is 0.303 e. The molecule has 0 aliphatic heterocycles. The van der Waals surface area contributed by atoms with Gasteiger partial charge in [-0.15, -0.1) is 0 Å². The molecular weight excluding hydrogens is 316 g/mol. The Hall–Kier alpha value is -1.55. The molecule has 2 aliphatic carbocycles. The van der Waals surface area contributed by atoms with Gasteiger partial charge in [-0.1, -0.05) is 18.2 Å². The van der Waals surface area contributed by atoms with Gasteiger partial charge in [-0.2, -0.15) is 0 Å². The largest absolute Gasteiger partial charge is 0.491 e. The van der Waals surface area contributed by atoms with E-state index in [1.54, 1.807) is 0 Å². The molecule has 2 bridgehead atoms. The summed E-state index contributed by atoms with van der Waals surface area (Å²) in [6.07, 6.45) is 7.91. The van der Waals surface area contributed by atoms with Crippen molar-refractivity contribution in [2.24, 2.45) is 5.41 Å². The third-order valence-corrected chi connectivity index (χ3v) is 5.89. The average molecular weight is 346 g/mol. The van der Waals surface area contributed by atoms with Crippen LogP contribution in [0.15, 0.2) is 24.3 Å². The monoisotopic (exact) mass is 346 g/mol. The third-order valence-electron chi connectivity index (χ3n) is 5.89. The van der Waals surface area contributed by atoms with Gasteiger partial charge in [0.15, 0.2) is 0 Å². The van der Waals surface area contributed by atoms with Crippen molar-refractivity contribution in [3.63, 3.8) is 0 Å². The summed E-state index contributed by atoms with van der Waals surface area (Å²) in [6.45, 7) is 4.67. The van der Waals surface area contributed by atoms with Crippen molar-refractivity contribution >= 4 is 5.97 Å². The first-order valence-corrected chi connectivity index (χ1v) is 9.52. The van der Waals surface area contributed by atoms with Crippen molar-refractivity contribution in [1.82, 2.24) is 0 Å². The lowest BCUT2D eigenvalue weighted by atomic mass is 9.80. The summed E-state index contributed by atoms with van der Waals surface area (Å²) >= 11 is 0. The molecule has 138 valence electrons. The number of aliphatic carboxylic acids is 1. The van der Waals surface area contributed by atoms with Gasteiger partial charge >= 0.3 is 5.97 Å². The highest BCUT2D eigenvalue weighted by Gasteiger charge is 2.54. The summed E-state index contributed by atoms with van der Waals surface area (Å²) in [5, 5.41) is 8.87. The maximum atomic E-state index is 10.8. The lowest BCUT2D eigenvalue weighted by molar-refractivity contribution is -0.137. The van der Waals surface area contributed by atoms with E-state index >= 15 is 0 Å². The van der Waals surface area contributed by atoms with Gasteiger partial charge in [-0.25, -0.2) is 0 Å². The Morgan fingerprint density at radius 2 is 1.92 bits per heavy atom. The molecule has 2 fully saturated rings. The molecule has 1 N–H and O–H groups in total. The van der Waals surface area contributed by atoms with E-state index in [4.69, 9.17) is 14.6 Å². The fraction of sp³-hybridized carbons (Fsp3) is 0.667. The lowest BCUT2D eigenvalue weighted by Crippen LogP contribution is -2.26. The van der Waals surface area contributed by atoms with Crippen LogP contribution in [0.4, 0.5) is 0 Å². The van der Waals surface area contributed by atoms with Crippen LogP contribution in [0.3, 0.4) is 0 Å². The van der Waals surface area contributed by atoms with Crippen LogP contribution in [0.5, 0.6) is 5.75 Å². The second kappa shape index (κ2) is 7.36. The zero-order chi connectivity index (χ0) is 17.9. The number of rotatable bonds is 9. The van der Waals surface area contributed by atoms with Crippen molar-refractivity contribution in [3.05, 3.63) is 29.8 Å². The van der Waals surface area contributed by atoms with Gasteiger partial charge in [-0.05, 0) is 70.3 Å². The molecule has 0 amide bonds. The molecule has 1 aromatic rings. The van der Waals surface area contributed by atoms with E-state index in [-0.39, 0.29) is 18.1 Å². The highest BCUT2D eigenvalue weighted by molar-refractivity contribution is 5.66. The summed E-state index contributed by atoms with van der Waals surface area (Å²) in [4.78, 5) is 10.8. The number of hydrogen-bond donors (Lipinski definition) is 1. The maximum absolute atomic E-state index is 10.8. The Morgan fingerprint density at radius 3 is 2.60 bits per heavy atom. The van der Waals surface area contributed by atoms with Crippen molar-refractivity contribution in [1.29, 1.82) is 0 Å². The minimum atomic E-state index is -0.684. The summed E-state index contributed by atoms with van der Waals surface area (Å²) in [5.74, 6) is 0.231. The molecule has 1 aromatic carbocycles. The van der Waals surface area contributed by atoms with Gasteiger partial charge < -0.3 is 14.6 Å². The summed E-state index contributed by atoms with van der Waals surface area (Å²) in [7, 11) is 0. The molecule has 0 radical (unpaired) electrons. The van der Waals surface area contributed by atoms with E-state index < -0.39 is 5.97 Å². The zero-order valence-corrected chi connectivity index (χ0v) is 15.4. The topological polar surface area (TPSA) is 55.8 Å². The van der Waals surface area contributed by atoms with Gasteiger partial charge in [0.05, 0.1) is 18.3 Å². The molecule has 0 spiro atoms. The fourth-order valence-electron chi connectivity index (χ4n) is 4.64. The molecule has 0 unspecified atom stereocenters. The van der Waals surface area contributed by atoms with Crippen molar-refractivity contribution in [3.8, 4) is 5.75 Å². The minimum Gasteiger partial charge on any atom is -0.491 e. The summed E-state index contributed by atoms with van der Waals surface area (Å²) in [5.41, 5.74) is 1.43. The molecule has 0 saturated heterocycles. The zero-order valence-electron chi connectivity index (χ0n) is 15.4. The van der Waals surface area contributed by atoms with E-state index in [1.165, 1.54) is 12.8 Å². The molecule has 0 atom stereocenters. The smallest absolute Gasteiger partial charge is 0.303 e. The molecule has 0 heterocycles. The first-order valence-electron chi connectivity index (χ1n) is 9.52. The number of hydrogen-bond acceptors (Lipinski definition) is 3. The van der Waals surface area contributed by atoms with Crippen molar-refractivity contribution < 1.29 is 19.4 Å². The Bertz CT molecular complexity index is 600. The molecule has 3 rings (SSSR count). The number of carbonyl (C=O) groups is 1. The van der Waals surface area contributed by atoms with Crippen LogP contribution in [-0.2, 0) is 16.1 Å². The van der Waals surface area contributed by atoms with Gasteiger partial charge in [0.2, 0.25) is 0 Å². The van der Waals surface area contributed by atoms with E-state index in [0.717, 1.165) is 43.4 Å². The van der Waals surface area contributed by atoms with Crippen LogP contribution in [0.1, 0.15) is 70.8 Å². The Morgan fingerprint density at radius 1 is 1.20 bits per heavy atom.